The molecule has 23 heavy (non-hydrogen) atoms. The fraction of sp³-hybridized carbons (Fsp3) is 0.400. The van der Waals surface area contributed by atoms with Gasteiger partial charge in [0.15, 0.2) is 0 Å². The molecule has 1 aliphatic heterocycles. The first kappa shape index (κ1) is 16.2. The summed E-state index contributed by atoms with van der Waals surface area (Å²) < 4.78 is 5.76. The smallest absolute Gasteiger partial charge is 0.0851 e. The number of rotatable bonds is 6. The average Bonchev–Trinajstić information content (AvgIpc) is 2.63. The van der Waals surface area contributed by atoms with Crippen molar-refractivity contribution in [2.24, 2.45) is 0 Å². The molecule has 0 bridgehead atoms. The molecule has 1 N–H and O–H groups in total. The third-order valence-electron chi connectivity index (χ3n) is 4.62. The topological polar surface area (TPSA) is 24.5 Å². The highest BCUT2D eigenvalue weighted by atomic mass is 16.5. The van der Waals surface area contributed by atoms with E-state index in [9.17, 15) is 0 Å². The first-order valence-electron chi connectivity index (χ1n) is 8.42. The SMILES string of the molecule is COC1CNCCC1N(Cc1ccccc1)Cc1ccccc1. The van der Waals surface area contributed by atoms with Crippen molar-refractivity contribution in [3.8, 4) is 0 Å². The molecule has 2 aromatic rings. The molecule has 2 unspecified atom stereocenters. The van der Waals surface area contributed by atoms with Crippen LogP contribution in [-0.4, -0.2) is 37.2 Å². The van der Waals surface area contributed by atoms with Gasteiger partial charge in [0.25, 0.3) is 0 Å². The fourth-order valence-electron chi connectivity index (χ4n) is 3.40. The van der Waals surface area contributed by atoms with Crippen molar-refractivity contribution in [2.75, 3.05) is 20.2 Å². The molecular formula is C20H26N2O. The van der Waals surface area contributed by atoms with E-state index in [0.29, 0.717) is 6.04 Å². The summed E-state index contributed by atoms with van der Waals surface area (Å²) in [5, 5.41) is 3.45. The average molecular weight is 310 g/mol. The molecule has 2 atom stereocenters. The molecule has 1 saturated heterocycles. The molecule has 0 radical (unpaired) electrons. The Labute approximate surface area is 139 Å². The number of piperidine rings is 1. The Hall–Kier alpha value is -1.68. The zero-order valence-electron chi connectivity index (χ0n) is 13.8. The van der Waals surface area contributed by atoms with Gasteiger partial charge in [-0.3, -0.25) is 4.90 Å². The number of nitrogens with zero attached hydrogens (tertiary/aromatic N) is 1. The Kier molecular flexibility index (Phi) is 5.81. The van der Waals surface area contributed by atoms with Crippen molar-refractivity contribution in [3.05, 3.63) is 71.8 Å². The molecule has 2 aromatic carbocycles. The maximum atomic E-state index is 5.76. The van der Waals surface area contributed by atoms with Crippen LogP contribution in [-0.2, 0) is 17.8 Å². The summed E-state index contributed by atoms with van der Waals surface area (Å²) >= 11 is 0. The highest BCUT2D eigenvalue weighted by molar-refractivity contribution is 5.17. The number of hydrogen-bond acceptors (Lipinski definition) is 3. The van der Waals surface area contributed by atoms with Crippen LogP contribution in [0.5, 0.6) is 0 Å². The first-order chi connectivity index (χ1) is 11.4. The van der Waals surface area contributed by atoms with Crippen molar-refractivity contribution < 1.29 is 4.74 Å². The summed E-state index contributed by atoms with van der Waals surface area (Å²) in [7, 11) is 1.83. The van der Waals surface area contributed by atoms with Gasteiger partial charge in [-0.15, -0.1) is 0 Å². The lowest BCUT2D eigenvalue weighted by Crippen LogP contribution is -2.53. The Bertz CT molecular complexity index is 531. The van der Waals surface area contributed by atoms with Gasteiger partial charge in [0.1, 0.15) is 0 Å². The fourth-order valence-corrected chi connectivity index (χ4v) is 3.40. The van der Waals surface area contributed by atoms with Gasteiger partial charge in [-0.05, 0) is 24.1 Å². The van der Waals surface area contributed by atoms with Crippen molar-refractivity contribution in [3.63, 3.8) is 0 Å². The van der Waals surface area contributed by atoms with Gasteiger partial charge < -0.3 is 10.1 Å². The summed E-state index contributed by atoms with van der Waals surface area (Å²) in [6, 6.07) is 21.9. The number of hydrogen-bond donors (Lipinski definition) is 1. The molecule has 0 aliphatic carbocycles. The maximum Gasteiger partial charge on any atom is 0.0851 e. The van der Waals surface area contributed by atoms with Crippen molar-refractivity contribution in [1.29, 1.82) is 0 Å². The Morgan fingerprint density at radius 1 is 0.957 bits per heavy atom. The van der Waals surface area contributed by atoms with Crippen LogP contribution in [0.1, 0.15) is 17.5 Å². The third-order valence-corrected chi connectivity index (χ3v) is 4.62. The monoisotopic (exact) mass is 310 g/mol. The van der Waals surface area contributed by atoms with Crippen LogP contribution in [0, 0.1) is 0 Å². The zero-order chi connectivity index (χ0) is 15.9. The Morgan fingerprint density at radius 3 is 2.04 bits per heavy atom. The molecule has 0 amide bonds. The second-order valence-corrected chi connectivity index (χ2v) is 6.21. The predicted octanol–water partition coefficient (Wildman–Crippen LogP) is 3.07. The lowest BCUT2D eigenvalue weighted by molar-refractivity contribution is -0.00919. The highest BCUT2D eigenvalue weighted by Gasteiger charge is 2.30. The second kappa shape index (κ2) is 8.25. The molecule has 1 aliphatic rings. The van der Waals surface area contributed by atoms with Gasteiger partial charge in [-0.25, -0.2) is 0 Å². The van der Waals surface area contributed by atoms with E-state index < -0.39 is 0 Å². The van der Waals surface area contributed by atoms with E-state index >= 15 is 0 Å². The summed E-state index contributed by atoms with van der Waals surface area (Å²) in [4.78, 5) is 2.57. The lowest BCUT2D eigenvalue weighted by atomic mass is 9.99. The quantitative estimate of drug-likeness (QED) is 0.887. The second-order valence-electron chi connectivity index (χ2n) is 6.21. The van der Waals surface area contributed by atoms with Gasteiger partial charge >= 0.3 is 0 Å². The van der Waals surface area contributed by atoms with Gasteiger partial charge in [0, 0.05) is 32.8 Å². The van der Waals surface area contributed by atoms with Crippen molar-refractivity contribution in [2.45, 2.75) is 31.7 Å². The Morgan fingerprint density at radius 2 is 1.52 bits per heavy atom. The molecule has 0 aromatic heterocycles. The number of benzene rings is 2. The minimum atomic E-state index is 0.246. The minimum absolute atomic E-state index is 0.246. The van der Waals surface area contributed by atoms with E-state index in [1.807, 2.05) is 7.11 Å². The molecule has 3 nitrogen and oxygen atoms in total. The van der Waals surface area contributed by atoms with E-state index in [0.717, 1.165) is 32.6 Å². The zero-order valence-corrected chi connectivity index (χ0v) is 13.8. The summed E-state index contributed by atoms with van der Waals surface area (Å²) in [5.74, 6) is 0. The number of methoxy groups -OCH3 is 1. The van der Waals surface area contributed by atoms with E-state index in [2.05, 4.69) is 70.9 Å². The molecule has 122 valence electrons. The predicted molar refractivity (Wildman–Crippen MR) is 94.2 cm³/mol. The third kappa shape index (κ3) is 4.41. The van der Waals surface area contributed by atoms with Crippen LogP contribution in [0.4, 0.5) is 0 Å². The minimum Gasteiger partial charge on any atom is -0.378 e. The first-order valence-corrected chi connectivity index (χ1v) is 8.42. The van der Waals surface area contributed by atoms with Gasteiger partial charge in [-0.2, -0.15) is 0 Å². The molecule has 1 fully saturated rings. The summed E-state index contributed by atoms with van der Waals surface area (Å²) in [6.45, 7) is 3.91. The molecule has 0 spiro atoms. The Balaban J connectivity index is 1.80. The van der Waals surface area contributed by atoms with Crippen LogP contribution in [0.25, 0.3) is 0 Å². The standard InChI is InChI=1S/C20H26N2O/c1-23-20-14-21-13-12-19(20)22(15-17-8-4-2-5-9-17)16-18-10-6-3-7-11-18/h2-11,19-21H,12-16H2,1H3. The normalized spacial score (nSPS) is 21.5. The van der Waals surface area contributed by atoms with Crippen LogP contribution < -0.4 is 5.32 Å². The van der Waals surface area contributed by atoms with E-state index in [4.69, 9.17) is 4.74 Å². The summed E-state index contributed by atoms with van der Waals surface area (Å²) in [5.41, 5.74) is 2.72. The van der Waals surface area contributed by atoms with E-state index in [1.165, 1.54) is 11.1 Å². The molecule has 3 rings (SSSR count). The van der Waals surface area contributed by atoms with E-state index in [1.54, 1.807) is 0 Å². The lowest BCUT2D eigenvalue weighted by Gasteiger charge is -2.39. The van der Waals surface area contributed by atoms with Crippen LogP contribution in [0.3, 0.4) is 0 Å². The summed E-state index contributed by atoms with van der Waals surface area (Å²) in [6.07, 6.45) is 1.37. The van der Waals surface area contributed by atoms with Crippen LogP contribution >= 0.6 is 0 Å². The van der Waals surface area contributed by atoms with Crippen LogP contribution in [0.2, 0.25) is 0 Å². The van der Waals surface area contributed by atoms with Gasteiger partial charge in [0.05, 0.1) is 6.10 Å². The largest absolute Gasteiger partial charge is 0.378 e. The molecule has 3 heteroatoms. The highest BCUT2D eigenvalue weighted by Crippen LogP contribution is 2.20. The molecule has 0 saturated carbocycles. The van der Waals surface area contributed by atoms with Crippen molar-refractivity contribution >= 4 is 0 Å². The van der Waals surface area contributed by atoms with Crippen LogP contribution in [0.15, 0.2) is 60.7 Å². The van der Waals surface area contributed by atoms with Gasteiger partial charge in [0.2, 0.25) is 0 Å². The number of nitrogens with one attached hydrogen (secondary N) is 1. The molecule has 1 heterocycles. The van der Waals surface area contributed by atoms with Crippen molar-refractivity contribution in [1.82, 2.24) is 10.2 Å². The molecular weight excluding hydrogens is 284 g/mol. The maximum absolute atomic E-state index is 5.76. The van der Waals surface area contributed by atoms with E-state index in [-0.39, 0.29) is 6.10 Å². The van der Waals surface area contributed by atoms with Gasteiger partial charge in [-0.1, -0.05) is 60.7 Å². The number of ether oxygens (including phenoxy) is 1.